The van der Waals surface area contributed by atoms with Crippen molar-refractivity contribution < 1.29 is 15.0 Å². The molecule has 0 amide bonds. The van der Waals surface area contributed by atoms with Crippen molar-refractivity contribution >= 4 is 23.3 Å². The van der Waals surface area contributed by atoms with Crippen molar-refractivity contribution in [2.24, 2.45) is 4.99 Å². The Bertz CT molecular complexity index is 1010. The molecule has 7 heteroatoms. The van der Waals surface area contributed by atoms with Crippen LogP contribution >= 0.6 is 11.6 Å². The van der Waals surface area contributed by atoms with Crippen molar-refractivity contribution in [3.63, 3.8) is 0 Å². The number of carboxylic acids is 1. The average Bonchev–Trinajstić information content (AvgIpc) is 2.96. The van der Waals surface area contributed by atoms with Crippen LogP contribution in [-0.4, -0.2) is 31.4 Å². The van der Waals surface area contributed by atoms with E-state index in [1.165, 1.54) is 0 Å². The fourth-order valence-corrected chi connectivity index (χ4v) is 3.09. The van der Waals surface area contributed by atoms with Crippen molar-refractivity contribution in [1.29, 1.82) is 0 Å². The zero-order valence-corrected chi connectivity index (χ0v) is 15.6. The van der Waals surface area contributed by atoms with Crippen LogP contribution in [0.15, 0.2) is 59.7 Å². The van der Waals surface area contributed by atoms with E-state index in [9.17, 15) is 5.11 Å². The summed E-state index contributed by atoms with van der Waals surface area (Å²) in [7, 11) is 0. The maximum absolute atomic E-state index is 10.5. The van der Waals surface area contributed by atoms with Crippen LogP contribution in [0.4, 0.5) is 0 Å². The molecule has 0 radical (unpaired) electrons. The van der Waals surface area contributed by atoms with Gasteiger partial charge in [-0.3, -0.25) is 9.36 Å². The van der Waals surface area contributed by atoms with Gasteiger partial charge in [-0.1, -0.05) is 41.9 Å². The normalized spacial score (nSPS) is 14.8. The van der Waals surface area contributed by atoms with E-state index < -0.39 is 12.2 Å². The Morgan fingerprint density at radius 1 is 1.19 bits per heavy atom. The van der Waals surface area contributed by atoms with Crippen LogP contribution in [0, 0.1) is 6.92 Å². The molecule has 138 valence electrons. The predicted molar refractivity (Wildman–Crippen MR) is 104 cm³/mol. The van der Waals surface area contributed by atoms with Gasteiger partial charge in [-0.2, -0.15) is 0 Å². The highest BCUT2D eigenvalue weighted by Crippen LogP contribution is 2.31. The minimum absolute atomic E-state index is 0.511. The third-order valence-corrected chi connectivity index (χ3v) is 4.18. The molecule has 1 aliphatic rings. The van der Waals surface area contributed by atoms with Crippen LogP contribution in [0.5, 0.6) is 0 Å². The quantitative estimate of drug-likeness (QED) is 0.669. The lowest BCUT2D eigenvalue weighted by atomic mass is 10.0. The molecule has 6 nitrogen and oxygen atoms in total. The van der Waals surface area contributed by atoms with Gasteiger partial charge in [-0.25, -0.2) is 9.98 Å². The molecule has 1 unspecified atom stereocenters. The highest BCUT2D eigenvalue weighted by Gasteiger charge is 2.25. The smallest absolute Gasteiger partial charge is 0.300 e. The Morgan fingerprint density at radius 2 is 1.85 bits per heavy atom. The largest absolute Gasteiger partial charge is 0.481 e. The lowest BCUT2D eigenvalue weighted by molar-refractivity contribution is -0.134. The number of hydrogen-bond acceptors (Lipinski definition) is 4. The number of imidazole rings is 1. The van der Waals surface area contributed by atoms with Gasteiger partial charge in [-0.15, -0.1) is 0 Å². The molecule has 1 atom stereocenters. The number of aryl methyl sites for hydroxylation is 1. The summed E-state index contributed by atoms with van der Waals surface area (Å²) < 4.78 is 1.93. The first kappa shape index (κ1) is 18.8. The predicted octanol–water partition coefficient (Wildman–Crippen LogP) is 3.77. The molecule has 2 heterocycles. The summed E-state index contributed by atoms with van der Waals surface area (Å²) in [6.45, 7) is 3.04. The highest BCUT2D eigenvalue weighted by molar-refractivity contribution is 6.31. The molecular weight excluding hydrogens is 366 g/mol. The third kappa shape index (κ3) is 3.92. The summed E-state index contributed by atoms with van der Waals surface area (Å²) in [5.41, 5.74) is 4.37. The second-order valence-electron chi connectivity index (χ2n) is 5.99. The standard InChI is InChI=1S/C18H14ClN3O.C2H4O2/c1-11-10-20-17-18(23)21-16(12-5-3-2-4-6-12)14-9-13(19)7-8-15(14)22(11)17;1-2(3)4/h2-10,18,23H,1H3;1H3,(H,3,4). The van der Waals surface area contributed by atoms with Crippen molar-refractivity contribution in [3.8, 4) is 5.69 Å². The van der Waals surface area contributed by atoms with Gasteiger partial charge in [0, 0.05) is 35.0 Å². The second-order valence-corrected chi connectivity index (χ2v) is 6.43. The summed E-state index contributed by atoms with van der Waals surface area (Å²) in [5, 5.41) is 18.6. The third-order valence-electron chi connectivity index (χ3n) is 3.95. The van der Waals surface area contributed by atoms with Crippen molar-refractivity contribution in [2.75, 3.05) is 0 Å². The number of aliphatic imine (C=N–C) groups is 1. The molecule has 1 aromatic heterocycles. The van der Waals surface area contributed by atoms with Crippen LogP contribution in [0.25, 0.3) is 5.69 Å². The van der Waals surface area contributed by atoms with E-state index in [1.807, 2.05) is 60.0 Å². The Morgan fingerprint density at radius 3 is 2.52 bits per heavy atom. The minimum atomic E-state index is -1.02. The number of carboxylic acid groups (broad SMARTS) is 1. The molecule has 1 aliphatic heterocycles. The number of halogens is 1. The molecular formula is C20H18ClN3O3. The summed E-state index contributed by atoms with van der Waals surface area (Å²) in [5.74, 6) is -0.322. The number of hydrogen-bond donors (Lipinski definition) is 2. The van der Waals surface area contributed by atoms with Gasteiger partial charge < -0.3 is 10.2 Å². The number of rotatable bonds is 1. The average molecular weight is 384 g/mol. The Hall–Kier alpha value is -2.96. The van der Waals surface area contributed by atoms with Gasteiger partial charge in [0.25, 0.3) is 5.97 Å². The first-order valence-corrected chi connectivity index (χ1v) is 8.61. The molecule has 0 saturated carbocycles. The zero-order chi connectivity index (χ0) is 19.6. The van der Waals surface area contributed by atoms with Gasteiger partial charge >= 0.3 is 0 Å². The SMILES string of the molecule is CC(=O)O.Cc1cnc2n1-c1ccc(Cl)cc1C(c1ccccc1)=NC2O. The van der Waals surface area contributed by atoms with Gasteiger partial charge in [0.1, 0.15) is 0 Å². The molecule has 0 fully saturated rings. The van der Waals surface area contributed by atoms with Crippen LogP contribution in [-0.2, 0) is 4.79 Å². The molecule has 0 spiro atoms. The van der Waals surface area contributed by atoms with Crippen LogP contribution in [0.1, 0.15) is 35.8 Å². The highest BCUT2D eigenvalue weighted by atomic mass is 35.5. The fraction of sp³-hybridized carbons (Fsp3) is 0.150. The molecule has 4 rings (SSSR count). The lowest BCUT2D eigenvalue weighted by Gasteiger charge is -2.13. The first-order chi connectivity index (χ1) is 12.9. The van der Waals surface area contributed by atoms with E-state index in [0.29, 0.717) is 16.6 Å². The van der Waals surface area contributed by atoms with Crippen LogP contribution < -0.4 is 0 Å². The lowest BCUT2D eigenvalue weighted by Crippen LogP contribution is -2.08. The van der Waals surface area contributed by atoms with E-state index in [2.05, 4.69) is 9.98 Å². The Labute approximate surface area is 161 Å². The Kier molecular flexibility index (Phi) is 5.39. The fourth-order valence-electron chi connectivity index (χ4n) is 2.92. The number of aliphatic hydroxyl groups is 1. The first-order valence-electron chi connectivity index (χ1n) is 8.24. The van der Waals surface area contributed by atoms with E-state index in [-0.39, 0.29) is 0 Å². The topological polar surface area (TPSA) is 87.7 Å². The summed E-state index contributed by atoms with van der Waals surface area (Å²) >= 11 is 6.22. The summed E-state index contributed by atoms with van der Waals surface area (Å²) in [6, 6.07) is 15.4. The number of benzene rings is 2. The molecule has 2 N–H and O–H groups in total. The van der Waals surface area contributed by atoms with Crippen LogP contribution in [0.3, 0.4) is 0 Å². The molecule has 0 aliphatic carbocycles. The molecule has 3 aromatic rings. The van der Waals surface area contributed by atoms with Crippen molar-refractivity contribution in [2.45, 2.75) is 20.1 Å². The number of aliphatic carboxylic acids is 1. The van der Waals surface area contributed by atoms with E-state index >= 15 is 0 Å². The van der Waals surface area contributed by atoms with Crippen molar-refractivity contribution in [3.05, 3.63) is 82.4 Å². The van der Waals surface area contributed by atoms with Gasteiger partial charge in [-0.05, 0) is 25.1 Å². The molecule has 0 bridgehead atoms. The Balaban J connectivity index is 0.000000481. The van der Waals surface area contributed by atoms with Crippen molar-refractivity contribution in [1.82, 2.24) is 9.55 Å². The maximum atomic E-state index is 10.5. The summed E-state index contributed by atoms with van der Waals surface area (Å²) in [4.78, 5) is 17.8. The van der Waals surface area contributed by atoms with Gasteiger partial charge in [0.05, 0.1) is 11.4 Å². The van der Waals surface area contributed by atoms with Gasteiger partial charge in [0.2, 0.25) is 6.23 Å². The number of fused-ring (bicyclic) bond motifs is 3. The van der Waals surface area contributed by atoms with E-state index in [1.54, 1.807) is 6.20 Å². The minimum Gasteiger partial charge on any atom is -0.481 e. The molecule has 2 aromatic carbocycles. The zero-order valence-electron chi connectivity index (χ0n) is 14.8. The monoisotopic (exact) mass is 383 g/mol. The molecule has 27 heavy (non-hydrogen) atoms. The number of carbonyl (C=O) groups is 1. The van der Waals surface area contributed by atoms with Gasteiger partial charge in [0.15, 0.2) is 5.82 Å². The van der Waals surface area contributed by atoms with Crippen LogP contribution in [0.2, 0.25) is 5.02 Å². The van der Waals surface area contributed by atoms with E-state index in [0.717, 1.165) is 29.4 Å². The molecule has 0 saturated heterocycles. The second kappa shape index (κ2) is 7.73. The number of aromatic nitrogens is 2. The maximum Gasteiger partial charge on any atom is 0.300 e. The van der Waals surface area contributed by atoms with E-state index in [4.69, 9.17) is 21.5 Å². The number of aliphatic hydroxyl groups excluding tert-OH is 1. The summed E-state index contributed by atoms with van der Waals surface area (Å²) in [6.07, 6.45) is 0.713. The number of nitrogens with zero attached hydrogens (tertiary/aromatic N) is 3.